The molecular formula is C12H17N2O8P. The number of hydrogen-bond acceptors (Lipinski definition) is 6. The first-order valence-electron chi connectivity index (χ1n) is 6.54. The van der Waals surface area contributed by atoms with E-state index in [2.05, 4.69) is 4.98 Å². The van der Waals surface area contributed by atoms with Gasteiger partial charge in [0.15, 0.2) is 6.23 Å². The zero-order chi connectivity index (χ0) is 17.2. The van der Waals surface area contributed by atoms with Gasteiger partial charge in [0.25, 0.3) is 5.56 Å². The van der Waals surface area contributed by atoms with Crippen molar-refractivity contribution in [2.24, 2.45) is 0 Å². The number of H-pyrrole nitrogens is 1. The van der Waals surface area contributed by atoms with Crippen molar-refractivity contribution in [1.82, 2.24) is 9.55 Å². The Labute approximate surface area is 130 Å². The van der Waals surface area contributed by atoms with Crippen molar-refractivity contribution in [1.29, 1.82) is 0 Å². The summed E-state index contributed by atoms with van der Waals surface area (Å²) >= 11 is 0. The number of methoxy groups -OCH3 is 2. The average Bonchev–Trinajstić information content (AvgIpc) is 2.81. The molecule has 2 rings (SSSR count). The predicted octanol–water partition coefficient (Wildman–Crippen LogP) is -0.845. The third-order valence-corrected chi connectivity index (χ3v) is 3.93. The van der Waals surface area contributed by atoms with Crippen molar-refractivity contribution in [2.45, 2.75) is 24.5 Å². The predicted molar refractivity (Wildman–Crippen MR) is 78.0 cm³/mol. The summed E-state index contributed by atoms with van der Waals surface area (Å²) in [7, 11) is -1.59. The molecular weight excluding hydrogens is 331 g/mol. The number of aromatic nitrogens is 2. The topological polar surface area (TPSA) is 140 Å². The van der Waals surface area contributed by atoms with Crippen LogP contribution in [0, 0.1) is 0 Å². The Morgan fingerprint density at radius 3 is 2.48 bits per heavy atom. The minimum absolute atomic E-state index is 0.556. The summed E-state index contributed by atoms with van der Waals surface area (Å²) in [5.74, 6) is 0.703. The molecule has 0 aliphatic carbocycles. The van der Waals surface area contributed by atoms with E-state index in [0.717, 1.165) is 16.7 Å². The first kappa shape index (κ1) is 17.8. The van der Waals surface area contributed by atoms with E-state index in [0.29, 0.717) is 5.82 Å². The molecule has 1 aromatic rings. The molecule has 0 amide bonds. The van der Waals surface area contributed by atoms with Gasteiger partial charge in [0.1, 0.15) is 18.3 Å². The van der Waals surface area contributed by atoms with Crippen LogP contribution in [0.5, 0.6) is 0 Å². The molecule has 0 bridgehead atoms. The lowest BCUT2D eigenvalue weighted by molar-refractivity contribution is -0.0536. The SMILES string of the molecule is COC1[C@@H](OC)[C@@H](/C=C/P(=O)(O)O)O[C@H]1n1ccc(=O)[nH]c1=O. The molecule has 1 fully saturated rings. The zero-order valence-electron chi connectivity index (χ0n) is 12.4. The monoisotopic (exact) mass is 348 g/mol. The Kier molecular flexibility index (Phi) is 5.35. The van der Waals surface area contributed by atoms with Crippen LogP contribution in [0.25, 0.3) is 0 Å². The first-order chi connectivity index (χ1) is 10.8. The molecule has 10 nitrogen and oxygen atoms in total. The molecule has 11 heteroatoms. The van der Waals surface area contributed by atoms with E-state index < -0.39 is 43.4 Å². The van der Waals surface area contributed by atoms with Crippen molar-refractivity contribution in [3.8, 4) is 0 Å². The van der Waals surface area contributed by atoms with Crippen molar-refractivity contribution >= 4 is 7.60 Å². The second kappa shape index (κ2) is 6.91. The van der Waals surface area contributed by atoms with Gasteiger partial charge in [-0.2, -0.15) is 0 Å². The van der Waals surface area contributed by atoms with Gasteiger partial charge in [0, 0.05) is 32.3 Å². The van der Waals surface area contributed by atoms with Gasteiger partial charge in [0.2, 0.25) is 0 Å². The van der Waals surface area contributed by atoms with Crippen LogP contribution >= 0.6 is 7.60 Å². The lowest BCUT2D eigenvalue weighted by Gasteiger charge is -2.21. The maximum Gasteiger partial charge on any atom is 0.348 e. The molecule has 1 saturated heterocycles. The van der Waals surface area contributed by atoms with Gasteiger partial charge >= 0.3 is 13.3 Å². The molecule has 128 valence electrons. The third-order valence-electron chi connectivity index (χ3n) is 3.36. The van der Waals surface area contributed by atoms with Crippen LogP contribution in [-0.4, -0.2) is 51.9 Å². The summed E-state index contributed by atoms with van der Waals surface area (Å²) in [4.78, 5) is 43.0. The van der Waals surface area contributed by atoms with Gasteiger partial charge in [-0.3, -0.25) is 18.9 Å². The van der Waals surface area contributed by atoms with Crippen LogP contribution in [0.3, 0.4) is 0 Å². The molecule has 4 atom stereocenters. The van der Waals surface area contributed by atoms with E-state index in [4.69, 9.17) is 24.0 Å². The number of ether oxygens (including phenoxy) is 3. The van der Waals surface area contributed by atoms with Crippen LogP contribution in [0.2, 0.25) is 0 Å². The van der Waals surface area contributed by atoms with Crippen molar-refractivity contribution in [2.75, 3.05) is 14.2 Å². The highest BCUT2D eigenvalue weighted by atomic mass is 31.2. The second-order valence-electron chi connectivity index (χ2n) is 4.84. The Bertz CT molecular complexity index is 735. The van der Waals surface area contributed by atoms with Crippen LogP contribution in [0.1, 0.15) is 6.23 Å². The molecule has 2 heterocycles. The minimum Gasteiger partial charge on any atom is -0.375 e. The lowest BCUT2D eigenvalue weighted by atomic mass is 10.1. The highest BCUT2D eigenvalue weighted by Crippen LogP contribution is 2.39. The van der Waals surface area contributed by atoms with E-state index in [9.17, 15) is 14.2 Å². The molecule has 23 heavy (non-hydrogen) atoms. The molecule has 1 aliphatic rings. The normalized spacial score (nSPS) is 28.5. The molecule has 1 unspecified atom stereocenters. The molecule has 0 saturated carbocycles. The smallest absolute Gasteiger partial charge is 0.348 e. The van der Waals surface area contributed by atoms with Crippen LogP contribution in [0.4, 0.5) is 0 Å². The molecule has 0 spiro atoms. The van der Waals surface area contributed by atoms with Crippen LogP contribution in [-0.2, 0) is 18.8 Å². The number of nitrogens with zero attached hydrogens (tertiary/aromatic N) is 1. The van der Waals surface area contributed by atoms with E-state index in [1.165, 1.54) is 20.4 Å². The number of rotatable bonds is 5. The highest BCUT2D eigenvalue weighted by molar-refractivity contribution is 7.55. The maximum absolute atomic E-state index is 11.9. The zero-order valence-corrected chi connectivity index (χ0v) is 13.3. The summed E-state index contributed by atoms with van der Waals surface area (Å²) in [5.41, 5.74) is -1.25. The molecule has 1 aliphatic heterocycles. The van der Waals surface area contributed by atoms with Gasteiger partial charge in [-0.05, 0) is 6.08 Å². The maximum atomic E-state index is 11.9. The summed E-state index contributed by atoms with van der Waals surface area (Å²) < 4.78 is 28.3. The fourth-order valence-electron chi connectivity index (χ4n) is 2.39. The van der Waals surface area contributed by atoms with Gasteiger partial charge in [0.05, 0.1) is 0 Å². The summed E-state index contributed by atoms with van der Waals surface area (Å²) in [6, 6.07) is 1.15. The van der Waals surface area contributed by atoms with Crippen LogP contribution < -0.4 is 11.2 Å². The van der Waals surface area contributed by atoms with Gasteiger partial charge in [-0.25, -0.2) is 4.79 Å². The summed E-state index contributed by atoms with van der Waals surface area (Å²) in [6.07, 6.45) is -0.791. The average molecular weight is 348 g/mol. The number of aromatic amines is 1. The van der Waals surface area contributed by atoms with Crippen LogP contribution in [0.15, 0.2) is 33.7 Å². The molecule has 1 aromatic heterocycles. The van der Waals surface area contributed by atoms with E-state index in [1.54, 1.807) is 0 Å². The van der Waals surface area contributed by atoms with Gasteiger partial charge < -0.3 is 24.0 Å². The molecule has 3 N–H and O–H groups in total. The van der Waals surface area contributed by atoms with Gasteiger partial charge in [-0.1, -0.05) is 0 Å². The van der Waals surface area contributed by atoms with E-state index in [1.807, 2.05) is 0 Å². The Morgan fingerprint density at radius 1 is 1.30 bits per heavy atom. The van der Waals surface area contributed by atoms with Gasteiger partial charge in [-0.15, -0.1) is 0 Å². The summed E-state index contributed by atoms with van der Waals surface area (Å²) in [6.45, 7) is 0. The molecule has 0 radical (unpaired) electrons. The third kappa shape index (κ3) is 4.05. The Morgan fingerprint density at radius 2 is 1.96 bits per heavy atom. The van der Waals surface area contributed by atoms with Crippen molar-refractivity contribution in [3.05, 3.63) is 45.0 Å². The minimum atomic E-state index is -4.36. The Hall–Kier alpha value is -1.55. The highest BCUT2D eigenvalue weighted by Gasteiger charge is 2.45. The van der Waals surface area contributed by atoms with E-state index >= 15 is 0 Å². The standard InChI is InChI=1S/C12H17N2O8P/c1-20-9-7(4-6-23(17,18)19)22-11(10(9)21-2)14-5-3-8(15)13-12(14)16/h3-7,9-11H,1-2H3,(H,13,15,16)(H2,17,18,19)/b6-4+/t7-,9+,10?,11-/m1/s1. The lowest BCUT2D eigenvalue weighted by Crippen LogP contribution is -2.39. The van der Waals surface area contributed by atoms with E-state index in [-0.39, 0.29) is 0 Å². The fourth-order valence-corrected chi connectivity index (χ4v) is 2.78. The van der Waals surface area contributed by atoms with Crippen molar-refractivity contribution < 1.29 is 28.6 Å². The fraction of sp³-hybridized carbons (Fsp3) is 0.500. The first-order valence-corrected chi connectivity index (χ1v) is 8.22. The quantitative estimate of drug-likeness (QED) is 0.585. The number of nitrogens with one attached hydrogen (secondary N) is 1. The van der Waals surface area contributed by atoms with Crippen molar-refractivity contribution in [3.63, 3.8) is 0 Å². The second-order valence-corrected chi connectivity index (χ2v) is 6.32. The largest absolute Gasteiger partial charge is 0.375 e. The summed E-state index contributed by atoms with van der Waals surface area (Å²) in [5, 5.41) is 0. The Balaban J connectivity index is 2.37. The number of hydrogen-bond donors (Lipinski definition) is 3. The molecule has 0 aromatic carbocycles.